The van der Waals surface area contributed by atoms with Crippen molar-refractivity contribution < 1.29 is 9.47 Å². The van der Waals surface area contributed by atoms with Gasteiger partial charge in [-0.15, -0.1) is 10.2 Å². The van der Waals surface area contributed by atoms with Gasteiger partial charge in [-0.25, -0.2) is 0 Å². The number of aromatic nitrogens is 3. The smallest absolute Gasteiger partial charge is 0.228 e. The molecule has 1 aromatic carbocycles. The molecule has 0 bridgehead atoms. The van der Waals surface area contributed by atoms with Crippen LogP contribution in [0.5, 0.6) is 11.5 Å². The van der Waals surface area contributed by atoms with Crippen LogP contribution in [0.4, 0.5) is 11.6 Å². The minimum absolute atomic E-state index is 0.636. The highest BCUT2D eigenvalue weighted by Crippen LogP contribution is 2.30. The lowest BCUT2D eigenvalue weighted by molar-refractivity contribution is 0.404. The van der Waals surface area contributed by atoms with E-state index in [2.05, 4.69) is 15.5 Å². The summed E-state index contributed by atoms with van der Waals surface area (Å²) in [6.07, 6.45) is 1.62. The highest BCUT2D eigenvalue weighted by molar-refractivity contribution is 5.64. The second-order valence-corrected chi connectivity index (χ2v) is 3.46. The van der Waals surface area contributed by atoms with Crippen molar-refractivity contribution >= 4 is 11.6 Å². The first kappa shape index (κ1) is 11.3. The maximum absolute atomic E-state index is 5.26. The lowest BCUT2D eigenvalue weighted by Crippen LogP contribution is -2.00. The van der Waals surface area contributed by atoms with Gasteiger partial charge in [-0.1, -0.05) is 0 Å². The van der Waals surface area contributed by atoms with Crippen LogP contribution >= 0.6 is 0 Å². The number of aryl methyl sites for hydroxylation is 1. The van der Waals surface area contributed by atoms with E-state index in [-0.39, 0.29) is 0 Å². The molecule has 0 spiro atoms. The van der Waals surface area contributed by atoms with Crippen LogP contribution in [0, 0.1) is 0 Å². The molecule has 0 amide bonds. The molecule has 0 aliphatic heterocycles. The Labute approximate surface area is 99.2 Å². The van der Waals surface area contributed by atoms with Crippen molar-refractivity contribution in [3.63, 3.8) is 0 Å². The maximum Gasteiger partial charge on any atom is 0.228 e. The minimum atomic E-state index is 0.636. The molecule has 0 radical (unpaired) electrons. The molecule has 1 N–H and O–H groups in total. The average molecular weight is 234 g/mol. The molecule has 2 aromatic rings. The van der Waals surface area contributed by atoms with Gasteiger partial charge in [-0.3, -0.25) is 0 Å². The molecule has 6 heteroatoms. The third kappa shape index (κ3) is 2.30. The lowest BCUT2D eigenvalue weighted by atomic mass is 10.2. The van der Waals surface area contributed by atoms with Crippen LogP contribution in [0.25, 0.3) is 0 Å². The van der Waals surface area contributed by atoms with Gasteiger partial charge >= 0.3 is 0 Å². The van der Waals surface area contributed by atoms with Crippen molar-refractivity contribution in [2.75, 3.05) is 19.5 Å². The van der Waals surface area contributed by atoms with Crippen molar-refractivity contribution in [1.29, 1.82) is 0 Å². The van der Waals surface area contributed by atoms with Gasteiger partial charge in [0.2, 0.25) is 5.95 Å². The Morgan fingerprint density at radius 2 is 2.06 bits per heavy atom. The van der Waals surface area contributed by atoms with Gasteiger partial charge in [0.25, 0.3) is 0 Å². The Balaban J connectivity index is 2.33. The van der Waals surface area contributed by atoms with E-state index in [0.29, 0.717) is 11.7 Å². The average Bonchev–Trinajstić information content (AvgIpc) is 2.75. The number of nitrogens with zero attached hydrogens (tertiary/aromatic N) is 3. The van der Waals surface area contributed by atoms with Crippen molar-refractivity contribution in [3.8, 4) is 11.5 Å². The van der Waals surface area contributed by atoms with E-state index < -0.39 is 0 Å². The topological polar surface area (TPSA) is 61.2 Å². The van der Waals surface area contributed by atoms with E-state index in [4.69, 9.17) is 9.47 Å². The number of hydrogen-bond donors (Lipinski definition) is 1. The molecule has 90 valence electrons. The minimum Gasteiger partial charge on any atom is -0.497 e. The summed E-state index contributed by atoms with van der Waals surface area (Å²) >= 11 is 0. The first-order valence-corrected chi connectivity index (χ1v) is 5.07. The molecule has 0 fully saturated rings. The summed E-state index contributed by atoms with van der Waals surface area (Å²) in [7, 11) is 5.09. The number of hydrogen-bond acceptors (Lipinski definition) is 5. The predicted molar refractivity (Wildman–Crippen MR) is 63.8 cm³/mol. The molecule has 0 aliphatic rings. The summed E-state index contributed by atoms with van der Waals surface area (Å²) in [6.45, 7) is 0. The van der Waals surface area contributed by atoms with Crippen LogP contribution < -0.4 is 14.8 Å². The summed E-state index contributed by atoms with van der Waals surface area (Å²) in [4.78, 5) is 0. The SMILES string of the molecule is COc1ccc(OC)c(Nc2nncn2C)c1. The predicted octanol–water partition coefficient (Wildman–Crippen LogP) is 1.58. The third-order valence-corrected chi connectivity index (χ3v) is 2.36. The molecule has 0 aliphatic carbocycles. The molecule has 0 saturated heterocycles. The maximum atomic E-state index is 5.26. The van der Waals surface area contributed by atoms with Crippen LogP contribution in [-0.2, 0) is 7.05 Å². The van der Waals surface area contributed by atoms with Gasteiger partial charge in [-0.05, 0) is 12.1 Å². The number of nitrogens with one attached hydrogen (secondary N) is 1. The fourth-order valence-electron chi connectivity index (χ4n) is 1.43. The third-order valence-electron chi connectivity index (χ3n) is 2.36. The fourth-order valence-corrected chi connectivity index (χ4v) is 1.43. The zero-order chi connectivity index (χ0) is 12.3. The summed E-state index contributed by atoms with van der Waals surface area (Å²) in [5.74, 6) is 2.10. The van der Waals surface area contributed by atoms with Crippen molar-refractivity contribution in [2.45, 2.75) is 0 Å². The van der Waals surface area contributed by atoms with E-state index in [0.717, 1.165) is 11.4 Å². The van der Waals surface area contributed by atoms with Gasteiger partial charge < -0.3 is 19.4 Å². The number of rotatable bonds is 4. The van der Waals surface area contributed by atoms with Gasteiger partial charge in [-0.2, -0.15) is 0 Å². The van der Waals surface area contributed by atoms with Gasteiger partial charge in [0.1, 0.15) is 17.8 Å². The van der Waals surface area contributed by atoms with Crippen molar-refractivity contribution in [2.24, 2.45) is 7.05 Å². The molecule has 0 saturated carbocycles. The number of anilines is 2. The summed E-state index contributed by atoms with van der Waals surface area (Å²) in [5, 5.41) is 10.9. The molecular formula is C11H14N4O2. The van der Waals surface area contributed by atoms with Crippen LogP contribution in [0.1, 0.15) is 0 Å². The lowest BCUT2D eigenvalue weighted by Gasteiger charge is -2.11. The molecule has 17 heavy (non-hydrogen) atoms. The van der Waals surface area contributed by atoms with Gasteiger partial charge in [0, 0.05) is 13.1 Å². The van der Waals surface area contributed by atoms with E-state index in [1.807, 2.05) is 25.2 Å². The summed E-state index contributed by atoms with van der Waals surface area (Å²) in [5.41, 5.74) is 0.781. The van der Waals surface area contributed by atoms with E-state index >= 15 is 0 Å². The molecular weight excluding hydrogens is 220 g/mol. The van der Waals surface area contributed by atoms with Crippen LogP contribution in [0.15, 0.2) is 24.5 Å². The standard InChI is InChI=1S/C11H14N4O2/c1-15-7-12-14-11(15)13-9-6-8(16-2)4-5-10(9)17-3/h4-7H,1-3H3,(H,13,14). The Kier molecular flexibility index (Phi) is 3.13. The summed E-state index contributed by atoms with van der Waals surface area (Å²) < 4.78 is 12.2. The zero-order valence-corrected chi connectivity index (χ0v) is 9.97. The van der Waals surface area contributed by atoms with Crippen LogP contribution in [-0.4, -0.2) is 29.0 Å². The van der Waals surface area contributed by atoms with Crippen molar-refractivity contribution in [1.82, 2.24) is 14.8 Å². The van der Waals surface area contributed by atoms with E-state index in [1.165, 1.54) is 0 Å². The largest absolute Gasteiger partial charge is 0.497 e. The first-order valence-electron chi connectivity index (χ1n) is 5.07. The molecule has 1 aromatic heterocycles. The zero-order valence-electron chi connectivity index (χ0n) is 9.97. The fraction of sp³-hybridized carbons (Fsp3) is 0.273. The summed E-state index contributed by atoms with van der Waals surface area (Å²) in [6, 6.07) is 5.51. The molecule has 2 rings (SSSR count). The number of methoxy groups -OCH3 is 2. The Morgan fingerprint density at radius 3 is 2.65 bits per heavy atom. The molecule has 0 unspecified atom stereocenters. The normalized spacial score (nSPS) is 10.1. The van der Waals surface area contributed by atoms with Crippen molar-refractivity contribution in [3.05, 3.63) is 24.5 Å². The van der Waals surface area contributed by atoms with Crippen LogP contribution in [0.3, 0.4) is 0 Å². The first-order chi connectivity index (χ1) is 8.24. The van der Waals surface area contributed by atoms with E-state index in [9.17, 15) is 0 Å². The van der Waals surface area contributed by atoms with Crippen LogP contribution in [0.2, 0.25) is 0 Å². The number of ether oxygens (including phenoxy) is 2. The Morgan fingerprint density at radius 1 is 1.24 bits per heavy atom. The van der Waals surface area contributed by atoms with Gasteiger partial charge in [0.05, 0.1) is 19.9 Å². The molecule has 0 atom stereocenters. The molecule has 1 heterocycles. The quantitative estimate of drug-likeness (QED) is 0.870. The monoisotopic (exact) mass is 234 g/mol. The number of benzene rings is 1. The van der Waals surface area contributed by atoms with E-state index in [1.54, 1.807) is 25.1 Å². The Hall–Kier alpha value is -2.24. The molecule has 6 nitrogen and oxygen atoms in total. The second kappa shape index (κ2) is 4.73. The highest BCUT2D eigenvalue weighted by atomic mass is 16.5. The Bertz CT molecular complexity index is 510. The van der Waals surface area contributed by atoms with Gasteiger partial charge in [0.15, 0.2) is 0 Å². The second-order valence-electron chi connectivity index (χ2n) is 3.46. The highest BCUT2D eigenvalue weighted by Gasteiger charge is 2.08.